The average Bonchev–Trinajstić information content (AvgIpc) is 2.72. The maximum Gasteiger partial charge on any atom is 0.303 e. The Hall–Kier alpha value is -2.05. The summed E-state index contributed by atoms with van der Waals surface area (Å²) in [5.41, 5.74) is 1.34. The van der Waals surface area contributed by atoms with E-state index in [2.05, 4.69) is 0 Å². The number of benzene rings is 2. The molecule has 0 bridgehead atoms. The van der Waals surface area contributed by atoms with Gasteiger partial charge in [0.2, 0.25) is 10.2 Å². The molecule has 0 radical (unpaired) electrons. The second-order valence-electron chi connectivity index (χ2n) is 6.32. The van der Waals surface area contributed by atoms with Gasteiger partial charge in [-0.1, -0.05) is 90.6 Å². The molecule has 0 aliphatic heterocycles. The van der Waals surface area contributed by atoms with Gasteiger partial charge in [-0.3, -0.25) is 14.4 Å². The first-order valence-corrected chi connectivity index (χ1v) is 11.1. The normalized spacial score (nSPS) is 11.7. The summed E-state index contributed by atoms with van der Waals surface area (Å²) in [6, 6.07) is 18.3. The van der Waals surface area contributed by atoms with E-state index >= 15 is 0 Å². The Morgan fingerprint density at radius 1 is 0.786 bits per heavy atom. The highest BCUT2D eigenvalue weighted by Crippen LogP contribution is 2.27. The maximum atomic E-state index is 12.5. The summed E-state index contributed by atoms with van der Waals surface area (Å²) in [5, 5.41) is 8.90. The zero-order chi connectivity index (χ0) is 20.2. The molecule has 0 aliphatic carbocycles. The monoisotopic (exact) mass is 416 g/mol. The van der Waals surface area contributed by atoms with Gasteiger partial charge in [-0.2, -0.15) is 0 Å². The minimum atomic E-state index is -0.798. The van der Waals surface area contributed by atoms with Crippen molar-refractivity contribution in [1.29, 1.82) is 0 Å². The van der Waals surface area contributed by atoms with Crippen molar-refractivity contribution in [2.75, 3.05) is 5.75 Å². The lowest BCUT2D eigenvalue weighted by Crippen LogP contribution is -2.10. The first-order chi connectivity index (χ1) is 13.6. The molecule has 0 heterocycles. The molecular formula is C22H24O4S2. The van der Waals surface area contributed by atoms with Gasteiger partial charge in [0.1, 0.15) is 0 Å². The van der Waals surface area contributed by atoms with Gasteiger partial charge in [0.25, 0.3) is 0 Å². The van der Waals surface area contributed by atoms with Gasteiger partial charge in [0.15, 0.2) is 0 Å². The summed E-state index contributed by atoms with van der Waals surface area (Å²) in [5.74, 6) is -0.166. The molecule has 1 N–H and O–H groups in total. The summed E-state index contributed by atoms with van der Waals surface area (Å²) < 4.78 is 0. The van der Waals surface area contributed by atoms with E-state index in [0.29, 0.717) is 23.3 Å². The summed E-state index contributed by atoms with van der Waals surface area (Å²) in [7, 11) is 0. The van der Waals surface area contributed by atoms with Crippen LogP contribution in [0, 0.1) is 0 Å². The van der Waals surface area contributed by atoms with Crippen LogP contribution in [0.25, 0.3) is 0 Å². The smallest absolute Gasteiger partial charge is 0.303 e. The van der Waals surface area contributed by atoms with Crippen LogP contribution in [0.1, 0.15) is 52.8 Å². The number of rotatable bonds is 11. The molecular weight excluding hydrogens is 392 g/mol. The van der Waals surface area contributed by atoms with E-state index in [-0.39, 0.29) is 21.9 Å². The molecule has 1 atom stereocenters. The van der Waals surface area contributed by atoms with Crippen LogP contribution in [0.4, 0.5) is 0 Å². The number of unbranched alkanes of at least 4 members (excludes halogenated alkanes) is 1. The Morgan fingerprint density at radius 3 is 1.93 bits per heavy atom. The minimum absolute atomic E-state index is 0.0169. The third kappa shape index (κ3) is 8.31. The standard InChI is InChI=1S/C22H24O4S2/c23-20(24)14-8-7-13-19(28-22(26)18-11-5-2-6-12-18)15-16-27-21(25)17-9-3-1-4-10-17/h1-6,9-12,19H,7-8,13-16H2,(H,23,24). The summed E-state index contributed by atoms with van der Waals surface area (Å²) in [6.07, 6.45) is 2.98. The fourth-order valence-electron chi connectivity index (χ4n) is 2.64. The topological polar surface area (TPSA) is 71.4 Å². The van der Waals surface area contributed by atoms with E-state index in [4.69, 9.17) is 5.11 Å². The predicted molar refractivity (Wildman–Crippen MR) is 116 cm³/mol. The van der Waals surface area contributed by atoms with Crippen molar-refractivity contribution in [3.8, 4) is 0 Å². The Morgan fingerprint density at radius 2 is 1.36 bits per heavy atom. The van der Waals surface area contributed by atoms with Gasteiger partial charge in [-0.25, -0.2) is 0 Å². The second kappa shape index (κ2) is 12.4. The summed E-state index contributed by atoms with van der Waals surface area (Å²) >= 11 is 2.56. The molecule has 4 nitrogen and oxygen atoms in total. The lowest BCUT2D eigenvalue weighted by Gasteiger charge is -2.15. The number of carbonyl (C=O) groups is 3. The van der Waals surface area contributed by atoms with E-state index in [1.54, 1.807) is 24.3 Å². The predicted octanol–water partition coefficient (Wildman–Crippen LogP) is 5.54. The molecule has 0 saturated carbocycles. The van der Waals surface area contributed by atoms with Crippen molar-refractivity contribution in [3.05, 3.63) is 71.8 Å². The minimum Gasteiger partial charge on any atom is -0.481 e. The molecule has 1 unspecified atom stereocenters. The second-order valence-corrected chi connectivity index (χ2v) is 8.66. The molecule has 6 heteroatoms. The Bertz CT molecular complexity index is 763. The summed E-state index contributed by atoms with van der Waals surface area (Å²) in [6.45, 7) is 0. The van der Waals surface area contributed by atoms with Gasteiger partial charge in [0, 0.05) is 28.6 Å². The van der Waals surface area contributed by atoms with Crippen LogP contribution in [-0.2, 0) is 4.79 Å². The molecule has 0 amide bonds. The van der Waals surface area contributed by atoms with Crippen LogP contribution in [0.3, 0.4) is 0 Å². The van der Waals surface area contributed by atoms with Crippen molar-refractivity contribution in [2.45, 2.75) is 37.4 Å². The third-order valence-electron chi connectivity index (χ3n) is 4.13. The number of aliphatic carboxylic acids is 1. The molecule has 0 fully saturated rings. The number of thioether (sulfide) groups is 2. The van der Waals surface area contributed by atoms with Gasteiger partial charge in [-0.15, -0.1) is 0 Å². The van der Waals surface area contributed by atoms with E-state index in [9.17, 15) is 14.4 Å². The fraction of sp³-hybridized carbons (Fsp3) is 0.318. The highest BCUT2D eigenvalue weighted by molar-refractivity contribution is 8.15. The van der Waals surface area contributed by atoms with Crippen molar-refractivity contribution in [2.24, 2.45) is 0 Å². The Kier molecular flexibility index (Phi) is 9.86. The largest absolute Gasteiger partial charge is 0.481 e. The molecule has 0 spiro atoms. The number of hydrogen-bond donors (Lipinski definition) is 1. The lowest BCUT2D eigenvalue weighted by molar-refractivity contribution is -0.137. The maximum absolute atomic E-state index is 12.5. The quantitative estimate of drug-likeness (QED) is 0.485. The van der Waals surface area contributed by atoms with Crippen LogP contribution in [-0.4, -0.2) is 32.3 Å². The van der Waals surface area contributed by atoms with E-state index in [1.165, 1.54) is 23.5 Å². The molecule has 0 aromatic heterocycles. The zero-order valence-electron chi connectivity index (χ0n) is 15.6. The highest BCUT2D eigenvalue weighted by Gasteiger charge is 2.17. The highest BCUT2D eigenvalue weighted by atomic mass is 32.2. The van der Waals surface area contributed by atoms with Crippen LogP contribution >= 0.6 is 23.5 Å². The van der Waals surface area contributed by atoms with E-state index < -0.39 is 5.97 Å². The van der Waals surface area contributed by atoms with E-state index in [1.807, 2.05) is 36.4 Å². The first kappa shape index (κ1) is 22.2. The molecule has 2 aromatic carbocycles. The van der Waals surface area contributed by atoms with Crippen LogP contribution < -0.4 is 0 Å². The van der Waals surface area contributed by atoms with Gasteiger partial charge in [-0.05, 0) is 19.3 Å². The zero-order valence-corrected chi connectivity index (χ0v) is 17.2. The van der Waals surface area contributed by atoms with Crippen molar-refractivity contribution < 1.29 is 19.5 Å². The molecule has 0 saturated heterocycles. The van der Waals surface area contributed by atoms with Crippen LogP contribution in [0.15, 0.2) is 60.7 Å². The first-order valence-electron chi connectivity index (χ1n) is 9.26. The fourth-order valence-corrected chi connectivity index (χ4v) is 4.78. The molecule has 0 aliphatic rings. The number of carbonyl (C=O) groups excluding carboxylic acids is 2. The van der Waals surface area contributed by atoms with Crippen LogP contribution in [0.5, 0.6) is 0 Å². The SMILES string of the molecule is O=C(O)CCCCC(CCSC(=O)c1ccccc1)SC(=O)c1ccccc1. The molecule has 28 heavy (non-hydrogen) atoms. The molecule has 2 aromatic rings. The van der Waals surface area contributed by atoms with Crippen molar-refractivity contribution >= 4 is 39.7 Å². The van der Waals surface area contributed by atoms with Gasteiger partial charge >= 0.3 is 5.97 Å². The molecule has 2 rings (SSSR count). The van der Waals surface area contributed by atoms with Gasteiger partial charge < -0.3 is 5.11 Å². The Labute approximate surface area is 174 Å². The number of carboxylic acid groups (broad SMARTS) is 1. The number of hydrogen-bond acceptors (Lipinski definition) is 5. The Balaban J connectivity index is 1.86. The third-order valence-corrected chi connectivity index (χ3v) is 6.32. The van der Waals surface area contributed by atoms with Crippen LogP contribution in [0.2, 0.25) is 0 Å². The summed E-state index contributed by atoms with van der Waals surface area (Å²) in [4.78, 5) is 35.4. The van der Waals surface area contributed by atoms with E-state index in [0.717, 1.165) is 19.3 Å². The van der Waals surface area contributed by atoms with Crippen molar-refractivity contribution in [3.63, 3.8) is 0 Å². The average molecular weight is 417 g/mol. The van der Waals surface area contributed by atoms with Gasteiger partial charge in [0.05, 0.1) is 0 Å². The lowest BCUT2D eigenvalue weighted by atomic mass is 10.1. The number of carboxylic acids is 1. The molecule has 148 valence electrons. The van der Waals surface area contributed by atoms with Crippen molar-refractivity contribution in [1.82, 2.24) is 0 Å².